The van der Waals surface area contributed by atoms with Gasteiger partial charge in [-0.15, -0.1) is 0 Å². The topological polar surface area (TPSA) is 300 Å². The van der Waals surface area contributed by atoms with Gasteiger partial charge in [0.15, 0.2) is 5.78 Å². The number of nitrogens with two attached hydrogens (primary N) is 1. The van der Waals surface area contributed by atoms with Gasteiger partial charge in [0.05, 0.1) is 37.8 Å². The monoisotopic (exact) mass is 1230 g/mol. The number of nitrogens with zero attached hydrogens (tertiary/aromatic N) is 2. The first kappa shape index (κ1) is 69.4. The van der Waals surface area contributed by atoms with E-state index in [9.17, 15) is 53.4 Å². The standard InChI is InChI=1S/C65H90ClN5O16/c1-37(2)46(33-45(72)21-13-11-12-14-23-49(73)42-19-16-20-42)60(78)69-47(22-17-27-68-63(67)81)51(75)31-43-25-26-44(32-50(43)74)61(79)70(7)40(5)62(80)86-55-34-56(76)71(8)48-29-41(30-52(83-9)58(48)66)28-38(3)18-15-24-54(84-10)65(82)35-53(85-57(77)36-65)39(4)59-64(55,6)87-59/h15,18,24-26,29-30,32,37,39-40,42,46-47,53-55,59,74,82H,11-14,16-17,19-23,27-28,31,33-36H2,1-10H3,(H,69,78)(H3,67,68,81)/b24-15+,38-18+/t39-,40+,46+,47+,53+,54-,55+,59+,64+,65-/m1/s1. The fourth-order valence-electron chi connectivity index (χ4n) is 11.8. The molecule has 3 fully saturated rings. The third kappa shape index (κ3) is 18.2. The molecule has 2 aromatic rings. The number of fused-ring (bicyclic) bond motifs is 5. The number of anilines is 1. The number of amides is 5. The van der Waals surface area contributed by atoms with E-state index in [2.05, 4.69) is 10.6 Å². The van der Waals surface area contributed by atoms with Crippen molar-refractivity contribution in [3.8, 4) is 11.5 Å². The number of allylic oxidation sites excluding steroid dienone is 3. The molecule has 2 saturated heterocycles. The Kier molecular flexibility index (Phi) is 24.7. The minimum absolute atomic E-state index is 0.0259. The molecule has 6 N–H and O–H groups in total. The van der Waals surface area contributed by atoms with Crippen molar-refractivity contribution in [3.05, 3.63) is 75.8 Å². The maximum Gasteiger partial charge on any atom is 0.328 e. The molecule has 1 saturated carbocycles. The Morgan fingerprint density at radius 1 is 0.989 bits per heavy atom. The second kappa shape index (κ2) is 31.0. The number of benzene rings is 2. The number of phenols is 1. The zero-order valence-electron chi connectivity index (χ0n) is 52.1. The Labute approximate surface area is 515 Å². The molecule has 3 aliphatic heterocycles. The van der Waals surface area contributed by atoms with E-state index < -0.39 is 113 Å². The highest BCUT2D eigenvalue weighted by molar-refractivity contribution is 6.35. The summed E-state index contributed by atoms with van der Waals surface area (Å²) in [5, 5.41) is 28.9. The van der Waals surface area contributed by atoms with Crippen LogP contribution in [0.4, 0.5) is 10.5 Å². The SMILES string of the molecule is COc1cc2cc(c1Cl)N(C)C(=O)C[C@H](OC(=O)[C@H](C)N(C)C(=O)c1ccc(CC(=O)[C@H](CCCNC(N)=O)NC(=O)[C@@H](CC(=O)CCCCCCC(=O)C3CCC3)C(C)C)c(O)c1)[C@]1(C)O[C@H]1[C@H](C)[C@@H]1C[C@@](O)(CC(=O)O1)[C@H](OC)/C=C/C=C(\C)C2. The van der Waals surface area contributed by atoms with Crippen LogP contribution >= 0.6 is 11.6 Å². The highest BCUT2D eigenvalue weighted by atomic mass is 35.5. The number of likely N-dealkylation sites (N-methyl/N-ethyl adjacent to an activating group) is 1. The summed E-state index contributed by atoms with van der Waals surface area (Å²) in [4.78, 5) is 124. The Morgan fingerprint density at radius 2 is 1.69 bits per heavy atom. The van der Waals surface area contributed by atoms with E-state index in [4.69, 9.17) is 41.0 Å². The van der Waals surface area contributed by atoms with Crippen LogP contribution in [-0.2, 0) is 65.4 Å². The van der Waals surface area contributed by atoms with E-state index in [1.165, 1.54) is 52.3 Å². The van der Waals surface area contributed by atoms with Gasteiger partial charge in [0.25, 0.3) is 5.91 Å². The molecule has 22 heteroatoms. The first-order chi connectivity index (χ1) is 41.1. The van der Waals surface area contributed by atoms with Crippen molar-refractivity contribution in [1.82, 2.24) is 15.5 Å². The number of epoxide rings is 1. The number of Topliss-reactive ketones (excluding diaryl/α,β-unsaturated/α-hetero) is 3. The summed E-state index contributed by atoms with van der Waals surface area (Å²) in [7, 11) is 5.78. The van der Waals surface area contributed by atoms with Crippen molar-refractivity contribution in [1.29, 1.82) is 0 Å². The number of phenolic OH excluding ortho intramolecular Hbond substituents is 1. The predicted octanol–water partition coefficient (Wildman–Crippen LogP) is 7.77. The lowest BCUT2D eigenvalue weighted by Crippen LogP contribution is -2.53. The van der Waals surface area contributed by atoms with E-state index >= 15 is 0 Å². The number of hydrogen-bond acceptors (Lipinski definition) is 16. The molecule has 3 heterocycles. The average Bonchev–Trinajstić information content (AvgIpc) is 1.64. The number of halogens is 1. The Morgan fingerprint density at radius 3 is 2.32 bits per heavy atom. The first-order valence-corrected chi connectivity index (χ1v) is 30.8. The van der Waals surface area contributed by atoms with Gasteiger partial charge in [-0.05, 0) is 101 Å². The van der Waals surface area contributed by atoms with E-state index in [1.807, 2.05) is 26.8 Å². The van der Waals surface area contributed by atoms with Crippen LogP contribution in [0.3, 0.4) is 0 Å². The summed E-state index contributed by atoms with van der Waals surface area (Å²) >= 11 is 6.86. The minimum atomic E-state index is -1.67. The van der Waals surface area contributed by atoms with E-state index in [0.717, 1.165) is 60.6 Å². The number of aliphatic hydroxyl groups is 1. The van der Waals surface area contributed by atoms with Crippen LogP contribution < -0.4 is 26.0 Å². The zero-order chi connectivity index (χ0) is 64.1. The van der Waals surface area contributed by atoms with Gasteiger partial charge in [-0.3, -0.25) is 33.6 Å². The molecular formula is C65H90ClN5O16. The summed E-state index contributed by atoms with van der Waals surface area (Å²) in [6.45, 7) is 10.5. The molecule has 4 aliphatic rings. The molecule has 0 radical (unpaired) electrons. The van der Waals surface area contributed by atoms with Crippen LogP contribution in [0, 0.1) is 23.7 Å². The maximum atomic E-state index is 14.5. The van der Waals surface area contributed by atoms with Crippen molar-refractivity contribution < 1.29 is 77.0 Å². The molecule has 5 amide bonds. The highest BCUT2D eigenvalue weighted by Crippen LogP contribution is 2.50. The molecule has 87 heavy (non-hydrogen) atoms. The first-order valence-electron chi connectivity index (χ1n) is 30.4. The lowest BCUT2D eigenvalue weighted by Gasteiger charge is -2.41. The molecule has 0 unspecified atom stereocenters. The molecule has 2 aromatic carbocycles. The molecule has 10 atom stereocenters. The number of urea groups is 1. The molecule has 0 aromatic heterocycles. The number of carbonyl (C=O) groups excluding carboxylic acids is 9. The number of unbranched alkanes of at least 4 members (excludes halogenated alkanes) is 3. The fourth-order valence-corrected chi connectivity index (χ4v) is 12.1. The van der Waals surface area contributed by atoms with Gasteiger partial charge in [0.2, 0.25) is 11.8 Å². The van der Waals surface area contributed by atoms with Crippen molar-refractivity contribution in [2.75, 3.05) is 39.8 Å². The lowest BCUT2D eigenvalue weighted by atomic mass is 9.78. The van der Waals surface area contributed by atoms with Crippen LogP contribution in [0.1, 0.15) is 159 Å². The third-order valence-corrected chi connectivity index (χ3v) is 18.2. The van der Waals surface area contributed by atoms with Crippen LogP contribution in [0.5, 0.6) is 11.5 Å². The summed E-state index contributed by atoms with van der Waals surface area (Å²) < 4.78 is 29.8. The highest BCUT2D eigenvalue weighted by Gasteiger charge is 2.64. The van der Waals surface area contributed by atoms with Crippen LogP contribution in [-0.4, -0.2) is 151 Å². The van der Waals surface area contributed by atoms with Crippen molar-refractivity contribution in [2.45, 2.75) is 198 Å². The third-order valence-electron chi connectivity index (χ3n) is 17.9. The smallest absolute Gasteiger partial charge is 0.328 e. The van der Waals surface area contributed by atoms with Crippen molar-refractivity contribution in [3.63, 3.8) is 0 Å². The number of carbonyl (C=O) groups is 9. The van der Waals surface area contributed by atoms with E-state index in [1.54, 1.807) is 38.1 Å². The number of primary amides is 1. The molecule has 0 spiro atoms. The van der Waals surface area contributed by atoms with Gasteiger partial charge in [0, 0.05) is 88.7 Å². The van der Waals surface area contributed by atoms with Crippen LogP contribution in [0.2, 0.25) is 5.02 Å². The number of aromatic hydroxyl groups is 1. The number of methoxy groups -OCH3 is 2. The van der Waals surface area contributed by atoms with E-state index in [-0.39, 0.29) is 85.3 Å². The van der Waals surface area contributed by atoms with Gasteiger partial charge >= 0.3 is 18.0 Å². The minimum Gasteiger partial charge on any atom is -0.508 e. The summed E-state index contributed by atoms with van der Waals surface area (Å²) in [5.41, 5.74) is 4.27. The lowest BCUT2D eigenvalue weighted by molar-refractivity contribution is -0.187. The quantitative estimate of drug-likeness (QED) is 0.0341. The normalized spacial score (nSPS) is 25.2. The second-order valence-electron chi connectivity index (χ2n) is 24.7. The second-order valence-corrected chi connectivity index (χ2v) is 25.1. The summed E-state index contributed by atoms with van der Waals surface area (Å²) in [5.74, 6) is -5.05. The van der Waals surface area contributed by atoms with Gasteiger partial charge in [-0.25, -0.2) is 9.59 Å². The molecule has 478 valence electrons. The zero-order valence-corrected chi connectivity index (χ0v) is 52.8. The number of hydrogen-bond donors (Lipinski definition) is 5. The van der Waals surface area contributed by atoms with Gasteiger partial charge in [0.1, 0.15) is 63.6 Å². The van der Waals surface area contributed by atoms with Gasteiger partial charge in [-0.2, -0.15) is 0 Å². The fraction of sp³-hybridized carbons (Fsp3) is 0.615. The van der Waals surface area contributed by atoms with Gasteiger partial charge in [-0.1, -0.05) is 81.5 Å². The van der Waals surface area contributed by atoms with E-state index in [0.29, 0.717) is 36.5 Å². The summed E-state index contributed by atoms with van der Waals surface area (Å²) in [6, 6.07) is 4.28. The predicted molar refractivity (Wildman–Crippen MR) is 325 cm³/mol. The Hall–Kier alpha value is -6.68. The molecule has 6 rings (SSSR count). The largest absolute Gasteiger partial charge is 0.508 e. The number of esters is 2. The Balaban J connectivity index is 1.15. The Bertz CT molecular complexity index is 2930. The number of ketones is 3. The maximum absolute atomic E-state index is 14.5. The van der Waals surface area contributed by atoms with Crippen molar-refractivity contribution >= 4 is 70.3 Å². The number of nitrogens with one attached hydrogen (secondary N) is 2. The van der Waals surface area contributed by atoms with Crippen molar-refractivity contribution in [2.24, 2.45) is 29.4 Å². The molecule has 21 nitrogen and oxygen atoms in total. The van der Waals surface area contributed by atoms with Crippen LogP contribution in [0.15, 0.2) is 54.1 Å². The molecule has 1 aliphatic carbocycles. The molecule has 4 bridgehead atoms. The molecular weight excluding hydrogens is 1140 g/mol. The number of ether oxygens (including phenoxy) is 5. The summed E-state index contributed by atoms with van der Waals surface area (Å²) in [6.07, 6.45) is 7.93. The average molecular weight is 1230 g/mol. The van der Waals surface area contributed by atoms with Gasteiger partial charge < -0.3 is 60.1 Å². The number of rotatable bonds is 26. The van der Waals surface area contributed by atoms with Crippen LogP contribution in [0.25, 0.3) is 0 Å².